The topological polar surface area (TPSA) is 47.6 Å². The summed E-state index contributed by atoms with van der Waals surface area (Å²) >= 11 is 0. The minimum Gasteiger partial charge on any atom is -0.496 e. The molecule has 1 aromatic carbocycles. The van der Waals surface area contributed by atoms with Crippen LogP contribution in [0.4, 0.5) is 0 Å². The fourth-order valence-electron chi connectivity index (χ4n) is 2.20. The highest BCUT2D eigenvalue weighted by atomic mass is 16.5. The van der Waals surface area contributed by atoms with E-state index in [0.29, 0.717) is 6.61 Å². The lowest BCUT2D eigenvalue weighted by Gasteiger charge is -2.26. The minimum atomic E-state index is -0.367. The molecule has 0 unspecified atom stereocenters. The molecular formula is C13H17NO3. The van der Waals surface area contributed by atoms with E-state index in [9.17, 15) is 4.79 Å². The van der Waals surface area contributed by atoms with E-state index in [1.54, 1.807) is 7.11 Å². The van der Waals surface area contributed by atoms with Gasteiger partial charge in [-0.1, -0.05) is 12.1 Å². The van der Waals surface area contributed by atoms with E-state index < -0.39 is 0 Å². The molecule has 0 spiro atoms. The van der Waals surface area contributed by atoms with Crippen molar-refractivity contribution in [2.45, 2.75) is 19.4 Å². The number of hydrogen-bond donors (Lipinski definition) is 1. The highest BCUT2D eigenvalue weighted by Gasteiger charge is 2.28. The molecule has 92 valence electrons. The normalized spacial score (nSPS) is 18.4. The fourth-order valence-corrected chi connectivity index (χ4v) is 2.20. The maximum atomic E-state index is 11.8. The molecule has 0 radical (unpaired) electrons. The number of nitrogens with one attached hydrogen (secondary N) is 1. The van der Waals surface area contributed by atoms with Crippen LogP contribution >= 0.6 is 0 Å². The number of carbonyl (C=O) groups is 1. The quantitative estimate of drug-likeness (QED) is 0.805. The summed E-state index contributed by atoms with van der Waals surface area (Å²) in [5.41, 5.74) is 2.07. The molecule has 1 aromatic rings. The third kappa shape index (κ3) is 2.26. The zero-order valence-corrected chi connectivity index (χ0v) is 10.2. The van der Waals surface area contributed by atoms with Crippen molar-refractivity contribution in [1.29, 1.82) is 0 Å². The molecule has 0 amide bonds. The summed E-state index contributed by atoms with van der Waals surface area (Å²) in [6.07, 6.45) is 0.870. The van der Waals surface area contributed by atoms with E-state index in [0.717, 1.165) is 29.8 Å². The highest BCUT2D eigenvalue weighted by Crippen LogP contribution is 2.30. The minimum absolute atomic E-state index is 0.221. The lowest BCUT2D eigenvalue weighted by Crippen LogP contribution is -2.36. The smallest absolute Gasteiger partial charge is 0.327 e. The van der Waals surface area contributed by atoms with Crippen LogP contribution in [0.2, 0.25) is 0 Å². The van der Waals surface area contributed by atoms with Crippen molar-refractivity contribution >= 4 is 5.97 Å². The fraction of sp³-hybridized carbons (Fsp3) is 0.462. The molecule has 0 aliphatic carbocycles. The molecular weight excluding hydrogens is 218 g/mol. The largest absolute Gasteiger partial charge is 0.496 e. The molecule has 0 saturated carbocycles. The van der Waals surface area contributed by atoms with Gasteiger partial charge in [0.05, 0.1) is 13.7 Å². The van der Waals surface area contributed by atoms with Gasteiger partial charge in [0.2, 0.25) is 0 Å². The average molecular weight is 235 g/mol. The number of hydrogen-bond acceptors (Lipinski definition) is 4. The lowest BCUT2D eigenvalue weighted by atomic mass is 9.93. The van der Waals surface area contributed by atoms with Gasteiger partial charge < -0.3 is 14.8 Å². The Morgan fingerprint density at radius 2 is 2.35 bits per heavy atom. The van der Waals surface area contributed by atoms with Gasteiger partial charge in [-0.05, 0) is 25.0 Å². The Bertz CT molecular complexity index is 417. The molecule has 1 atom stereocenters. The zero-order valence-electron chi connectivity index (χ0n) is 10.2. The van der Waals surface area contributed by atoms with Crippen molar-refractivity contribution < 1.29 is 14.3 Å². The Morgan fingerprint density at radius 1 is 1.53 bits per heavy atom. The van der Waals surface area contributed by atoms with Gasteiger partial charge in [-0.25, -0.2) is 4.79 Å². The van der Waals surface area contributed by atoms with E-state index in [1.165, 1.54) is 0 Å². The Balaban J connectivity index is 2.34. The maximum Gasteiger partial charge on any atom is 0.327 e. The number of benzene rings is 1. The van der Waals surface area contributed by atoms with Gasteiger partial charge in [0.1, 0.15) is 11.8 Å². The highest BCUT2D eigenvalue weighted by molar-refractivity contribution is 5.79. The van der Waals surface area contributed by atoms with Gasteiger partial charge >= 0.3 is 5.97 Å². The summed E-state index contributed by atoms with van der Waals surface area (Å²) in [6, 6.07) is 5.41. The van der Waals surface area contributed by atoms with Crippen molar-refractivity contribution in [3.63, 3.8) is 0 Å². The summed E-state index contributed by atoms with van der Waals surface area (Å²) in [4.78, 5) is 11.8. The zero-order chi connectivity index (χ0) is 12.3. The molecule has 0 saturated heterocycles. The number of esters is 1. The van der Waals surface area contributed by atoms with Gasteiger partial charge in [-0.2, -0.15) is 0 Å². The first-order chi connectivity index (χ1) is 8.27. The molecule has 4 heteroatoms. The van der Waals surface area contributed by atoms with Crippen LogP contribution in [0.5, 0.6) is 5.75 Å². The predicted molar refractivity (Wildman–Crippen MR) is 64.1 cm³/mol. The Kier molecular flexibility index (Phi) is 3.64. The van der Waals surface area contributed by atoms with Crippen LogP contribution in [-0.2, 0) is 16.0 Å². The summed E-state index contributed by atoms with van der Waals surface area (Å²) in [6.45, 7) is 2.97. The number of rotatable bonds is 3. The second kappa shape index (κ2) is 5.19. The number of carbonyl (C=O) groups excluding carboxylic acids is 1. The molecule has 1 heterocycles. The maximum absolute atomic E-state index is 11.8. The molecule has 17 heavy (non-hydrogen) atoms. The molecule has 0 bridgehead atoms. The van der Waals surface area contributed by atoms with Gasteiger partial charge in [0, 0.05) is 12.1 Å². The molecule has 0 fully saturated rings. The van der Waals surface area contributed by atoms with E-state index in [1.807, 2.05) is 25.1 Å². The molecule has 0 aromatic heterocycles. The van der Waals surface area contributed by atoms with Crippen molar-refractivity contribution in [2.24, 2.45) is 0 Å². The Morgan fingerprint density at radius 3 is 3.06 bits per heavy atom. The molecule has 1 aliphatic heterocycles. The van der Waals surface area contributed by atoms with Crippen LogP contribution < -0.4 is 10.1 Å². The second-order valence-electron chi connectivity index (χ2n) is 3.92. The number of fused-ring (bicyclic) bond motifs is 1. The van der Waals surface area contributed by atoms with Crippen LogP contribution in [0.25, 0.3) is 0 Å². The lowest BCUT2D eigenvalue weighted by molar-refractivity contribution is -0.146. The second-order valence-corrected chi connectivity index (χ2v) is 3.92. The third-order valence-electron chi connectivity index (χ3n) is 2.95. The van der Waals surface area contributed by atoms with Crippen LogP contribution in [0.15, 0.2) is 18.2 Å². The van der Waals surface area contributed by atoms with Crippen molar-refractivity contribution in [3.05, 3.63) is 29.3 Å². The predicted octanol–water partition coefficient (Wildman–Crippen LogP) is 1.45. The molecule has 1 N–H and O–H groups in total. The Hall–Kier alpha value is -1.55. The summed E-state index contributed by atoms with van der Waals surface area (Å²) in [7, 11) is 1.65. The van der Waals surface area contributed by atoms with Crippen LogP contribution in [0.3, 0.4) is 0 Å². The monoisotopic (exact) mass is 235 g/mol. The summed E-state index contributed by atoms with van der Waals surface area (Å²) in [5.74, 6) is 0.625. The third-order valence-corrected chi connectivity index (χ3v) is 2.95. The number of methoxy groups -OCH3 is 1. The first-order valence-corrected chi connectivity index (χ1v) is 5.83. The Labute approximate surface area is 101 Å². The van der Waals surface area contributed by atoms with Crippen LogP contribution in [-0.4, -0.2) is 26.2 Å². The van der Waals surface area contributed by atoms with Gasteiger partial charge in [0.15, 0.2) is 0 Å². The molecule has 4 nitrogen and oxygen atoms in total. The van der Waals surface area contributed by atoms with E-state index in [-0.39, 0.29) is 12.0 Å². The first-order valence-electron chi connectivity index (χ1n) is 5.83. The van der Waals surface area contributed by atoms with E-state index >= 15 is 0 Å². The van der Waals surface area contributed by atoms with Crippen molar-refractivity contribution in [3.8, 4) is 5.75 Å². The van der Waals surface area contributed by atoms with Crippen LogP contribution in [0.1, 0.15) is 24.1 Å². The van der Waals surface area contributed by atoms with Gasteiger partial charge in [0.25, 0.3) is 0 Å². The standard InChI is InChI=1S/C13H17NO3/c1-3-17-13(15)12-10-5-4-6-11(16-2)9(10)7-8-14-12/h4-6,12,14H,3,7-8H2,1-2H3/t12-/m0/s1. The SMILES string of the molecule is CCOC(=O)[C@H]1NCCc2c(OC)cccc21. The first kappa shape index (κ1) is 11.9. The van der Waals surface area contributed by atoms with E-state index in [4.69, 9.17) is 9.47 Å². The van der Waals surface area contributed by atoms with Gasteiger partial charge in [-0.15, -0.1) is 0 Å². The summed E-state index contributed by atoms with van der Waals surface area (Å²) in [5, 5.41) is 3.18. The van der Waals surface area contributed by atoms with Crippen molar-refractivity contribution in [2.75, 3.05) is 20.3 Å². The summed E-state index contributed by atoms with van der Waals surface area (Å²) < 4.78 is 10.4. The molecule has 1 aliphatic rings. The van der Waals surface area contributed by atoms with Crippen LogP contribution in [0, 0.1) is 0 Å². The number of ether oxygens (including phenoxy) is 2. The van der Waals surface area contributed by atoms with E-state index in [2.05, 4.69) is 5.32 Å². The average Bonchev–Trinajstić information content (AvgIpc) is 2.37. The van der Waals surface area contributed by atoms with Crippen molar-refractivity contribution in [1.82, 2.24) is 5.32 Å². The molecule has 2 rings (SSSR count). The van der Waals surface area contributed by atoms with Gasteiger partial charge in [-0.3, -0.25) is 0 Å².